The summed E-state index contributed by atoms with van der Waals surface area (Å²) in [6.45, 7) is 6.71. The van der Waals surface area contributed by atoms with Gasteiger partial charge in [0.2, 0.25) is 0 Å². The molecule has 0 aliphatic carbocycles. The Bertz CT molecular complexity index is 1040. The van der Waals surface area contributed by atoms with E-state index < -0.39 is 7.60 Å². The molecule has 6 heteroatoms. The number of amides is 1. The molecule has 0 saturated heterocycles. The van der Waals surface area contributed by atoms with Gasteiger partial charge in [0, 0.05) is 11.3 Å². The van der Waals surface area contributed by atoms with Gasteiger partial charge in [-0.05, 0) is 56.2 Å². The minimum Gasteiger partial charge on any atom is -0.309 e. The third-order valence-corrected chi connectivity index (χ3v) is 7.06. The summed E-state index contributed by atoms with van der Waals surface area (Å²) in [4.78, 5) is 15.2. The number of hydrogen-bond acceptors (Lipinski definition) is 4. The van der Waals surface area contributed by atoms with Crippen molar-refractivity contribution in [3.8, 4) is 0 Å². The molecule has 0 fully saturated rings. The van der Waals surface area contributed by atoms with Gasteiger partial charge >= 0.3 is 7.60 Å². The van der Waals surface area contributed by atoms with Crippen LogP contribution >= 0.6 is 7.60 Å². The van der Waals surface area contributed by atoms with Gasteiger partial charge in [0.25, 0.3) is 5.91 Å². The molecule has 0 radical (unpaired) electrons. The van der Waals surface area contributed by atoms with E-state index >= 15 is 0 Å². The fraction of sp³-hybridized carbons (Fsp3) is 0.269. The van der Waals surface area contributed by atoms with Crippen molar-refractivity contribution in [3.63, 3.8) is 0 Å². The second-order valence-electron chi connectivity index (χ2n) is 7.51. The standard InChI is InChI=1S/C26H30NO4P/c1-4-30-32(29,31-5-2)20-23-13-15-24(16-14-23)26(28)27(19-22-9-7-6-8-10-22)25-17-11-21(3)12-18-25/h6-18H,4-5,19-20H2,1-3H3. The van der Waals surface area contributed by atoms with E-state index in [0.717, 1.165) is 22.4 Å². The lowest BCUT2D eigenvalue weighted by Gasteiger charge is -2.24. The Morgan fingerprint density at radius 3 is 1.97 bits per heavy atom. The number of hydrogen-bond donors (Lipinski definition) is 0. The molecule has 3 rings (SSSR count). The van der Waals surface area contributed by atoms with Crippen molar-refractivity contribution in [3.05, 3.63) is 101 Å². The summed E-state index contributed by atoms with van der Waals surface area (Å²) < 4.78 is 23.6. The molecular weight excluding hydrogens is 421 g/mol. The first kappa shape index (κ1) is 23.9. The van der Waals surface area contributed by atoms with E-state index in [-0.39, 0.29) is 12.1 Å². The fourth-order valence-electron chi connectivity index (χ4n) is 3.43. The lowest BCUT2D eigenvalue weighted by Crippen LogP contribution is -2.30. The average Bonchev–Trinajstić information content (AvgIpc) is 2.79. The Kier molecular flexibility index (Phi) is 8.40. The van der Waals surface area contributed by atoms with E-state index in [1.54, 1.807) is 30.9 Å². The van der Waals surface area contributed by atoms with Crippen LogP contribution in [0, 0.1) is 6.92 Å². The van der Waals surface area contributed by atoms with Crippen LogP contribution in [-0.4, -0.2) is 19.1 Å². The first-order chi connectivity index (χ1) is 15.4. The maximum absolute atomic E-state index is 13.5. The quantitative estimate of drug-likeness (QED) is 0.326. The molecule has 0 N–H and O–H groups in total. The first-order valence-electron chi connectivity index (χ1n) is 10.8. The number of carbonyl (C=O) groups is 1. The van der Waals surface area contributed by atoms with E-state index in [2.05, 4.69) is 0 Å². The highest BCUT2D eigenvalue weighted by atomic mass is 31.2. The van der Waals surface area contributed by atoms with Gasteiger partial charge in [-0.3, -0.25) is 9.36 Å². The molecule has 3 aromatic carbocycles. The van der Waals surface area contributed by atoms with E-state index in [9.17, 15) is 9.36 Å². The molecule has 3 aromatic rings. The number of rotatable bonds is 10. The van der Waals surface area contributed by atoms with Crippen LogP contribution in [0.3, 0.4) is 0 Å². The predicted octanol–water partition coefficient (Wildman–Crippen LogP) is 6.61. The van der Waals surface area contributed by atoms with Crippen LogP contribution in [0.15, 0.2) is 78.9 Å². The Morgan fingerprint density at radius 1 is 0.812 bits per heavy atom. The zero-order valence-electron chi connectivity index (χ0n) is 18.9. The first-order valence-corrected chi connectivity index (χ1v) is 12.6. The third kappa shape index (κ3) is 6.39. The highest BCUT2D eigenvalue weighted by Gasteiger charge is 2.24. The van der Waals surface area contributed by atoms with Crippen molar-refractivity contribution < 1.29 is 18.4 Å². The Labute approximate surface area is 190 Å². The zero-order chi connectivity index (χ0) is 23.0. The summed E-state index contributed by atoms with van der Waals surface area (Å²) in [6.07, 6.45) is 0.175. The number of nitrogens with zero attached hydrogens (tertiary/aromatic N) is 1. The molecule has 0 spiro atoms. The molecule has 32 heavy (non-hydrogen) atoms. The van der Waals surface area contributed by atoms with E-state index in [1.165, 1.54) is 0 Å². The fourth-order valence-corrected chi connectivity index (χ4v) is 5.13. The second kappa shape index (κ2) is 11.2. The summed E-state index contributed by atoms with van der Waals surface area (Å²) in [5.74, 6) is -0.0953. The van der Waals surface area contributed by atoms with Gasteiger partial charge in [-0.1, -0.05) is 60.2 Å². The summed E-state index contributed by atoms with van der Waals surface area (Å²) in [7, 11) is -3.19. The zero-order valence-corrected chi connectivity index (χ0v) is 19.8. The smallest absolute Gasteiger partial charge is 0.309 e. The third-order valence-electron chi connectivity index (χ3n) is 5.00. The summed E-state index contributed by atoms with van der Waals surface area (Å²) >= 11 is 0. The van der Waals surface area contributed by atoms with E-state index in [1.807, 2.05) is 73.7 Å². The Balaban J connectivity index is 1.84. The molecule has 0 saturated carbocycles. The van der Waals surface area contributed by atoms with Crippen molar-refractivity contribution in [2.24, 2.45) is 0 Å². The number of anilines is 1. The minimum absolute atomic E-state index is 0.0953. The molecule has 0 unspecified atom stereocenters. The summed E-state index contributed by atoms with van der Waals surface area (Å²) in [5, 5.41) is 0. The molecule has 168 valence electrons. The van der Waals surface area contributed by atoms with Crippen molar-refractivity contribution >= 4 is 19.2 Å². The Morgan fingerprint density at radius 2 is 1.41 bits per heavy atom. The van der Waals surface area contributed by atoms with Gasteiger partial charge in [0.1, 0.15) is 0 Å². The van der Waals surface area contributed by atoms with Crippen molar-refractivity contribution in [1.82, 2.24) is 0 Å². The SMILES string of the molecule is CCOP(=O)(Cc1ccc(C(=O)N(Cc2ccccc2)c2ccc(C)cc2)cc1)OCC. The molecule has 1 amide bonds. The van der Waals surface area contributed by atoms with Crippen LogP contribution in [0.4, 0.5) is 5.69 Å². The van der Waals surface area contributed by atoms with Crippen LogP contribution in [-0.2, 0) is 26.3 Å². The van der Waals surface area contributed by atoms with E-state index in [0.29, 0.717) is 25.3 Å². The van der Waals surface area contributed by atoms with Crippen LogP contribution in [0.2, 0.25) is 0 Å². The molecule has 0 aliphatic heterocycles. The minimum atomic E-state index is -3.19. The highest BCUT2D eigenvalue weighted by Crippen LogP contribution is 2.51. The van der Waals surface area contributed by atoms with Gasteiger partial charge in [0.05, 0.1) is 25.9 Å². The van der Waals surface area contributed by atoms with Gasteiger partial charge < -0.3 is 13.9 Å². The number of carbonyl (C=O) groups excluding carboxylic acids is 1. The molecule has 0 atom stereocenters. The highest BCUT2D eigenvalue weighted by molar-refractivity contribution is 7.53. The average molecular weight is 452 g/mol. The normalized spacial score (nSPS) is 11.3. The van der Waals surface area contributed by atoms with Crippen LogP contribution in [0.1, 0.15) is 40.9 Å². The summed E-state index contributed by atoms with van der Waals surface area (Å²) in [6, 6.07) is 25.0. The lowest BCUT2D eigenvalue weighted by molar-refractivity contribution is 0.0985. The van der Waals surface area contributed by atoms with Crippen LogP contribution in [0.5, 0.6) is 0 Å². The van der Waals surface area contributed by atoms with E-state index in [4.69, 9.17) is 9.05 Å². The van der Waals surface area contributed by atoms with Crippen LogP contribution in [0.25, 0.3) is 0 Å². The van der Waals surface area contributed by atoms with Crippen molar-refractivity contribution in [2.45, 2.75) is 33.5 Å². The maximum Gasteiger partial charge on any atom is 0.335 e. The van der Waals surface area contributed by atoms with Crippen molar-refractivity contribution in [1.29, 1.82) is 0 Å². The molecule has 0 heterocycles. The number of aryl methyl sites for hydroxylation is 1. The molecule has 0 aromatic heterocycles. The summed E-state index contributed by atoms with van der Waals surface area (Å²) in [5.41, 5.74) is 4.39. The van der Waals surface area contributed by atoms with Gasteiger partial charge in [-0.2, -0.15) is 0 Å². The maximum atomic E-state index is 13.5. The monoisotopic (exact) mass is 451 g/mol. The molecule has 0 aliphatic rings. The Hall–Kier alpha value is -2.72. The molecule has 5 nitrogen and oxygen atoms in total. The van der Waals surface area contributed by atoms with Gasteiger partial charge in [-0.15, -0.1) is 0 Å². The second-order valence-corrected chi connectivity index (χ2v) is 9.57. The molecular formula is C26H30NO4P. The molecule has 0 bridgehead atoms. The largest absolute Gasteiger partial charge is 0.335 e. The predicted molar refractivity (Wildman–Crippen MR) is 129 cm³/mol. The lowest BCUT2D eigenvalue weighted by atomic mass is 10.1. The van der Waals surface area contributed by atoms with Crippen LogP contribution < -0.4 is 4.90 Å². The van der Waals surface area contributed by atoms with Gasteiger partial charge in [0.15, 0.2) is 0 Å². The van der Waals surface area contributed by atoms with Crippen molar-refractivity contribution in [2.75, 3.05) is 18.1 Å². The topological polar surface area (TPSA) is 55.8 Å². The number of benzene rings is 3. The van der Waals surface area contributed by atoms with Gasteiger partial charge in [-0.25, -0.2) is 0 Å².